The molecule has 3 rings (SSSR count). The van der Waals surface area contributed by atoms with E-state index in [2.05, 4.69) is 36.3 Å². The van der Waals surface area contributed by atoms with Crippen LogP contribution in [0.3, 0.4) is 0 Å². The number of aryl methyl sites for hydroxylation is 2. The van der Waals surface area contributed by atoms with E-state index in [4.69, 9.17) is 4.74 Å². The lowest BCUT2D eigenvalue weighted by Crippen LogP contribution is -2.21. The summed E-state index contributed by atoms with van der Waals surface area (Å²) in [6.45, 7) is 5.12. The standard InChI is InChI=1S/C18H22N2O/c1-13(2)20-12-14-8-9-19-18(10-14)21-17-7-6-15-4-3-5-16(15)11-17/h6-11,13,20H,3-5,12H2,1-2H3. The predicted molar refractivity (Wildman–Crippen MR) is 84.8 cm³/mol. The zero-order chi connectivity index (χ0) is 14.7. The first kappa shape index (κ1) is 14.1. The van der Waals surface area contributed by atoms with Crippen molar-refractivity contribution >= 4 is 0 Å². The number of hydrogen-bond donors (Lipinski definition) is 1. The fraction of sp³-hybridized carbons (Fsp3) is 0.389. The van der Waals surface area contributed by atoms with Crippen LogP contribution in [0.5, 0.6) is 11.6 Å². The summed E-state index contributed by atoms with van der Waals surface area (Å²) in [6.07, 6.45) is 5.43. The minimum absolute atomic E-state index is 0.472. The molecular formula is C18H22N2O. The van der Waals surface area contributed by atoms with Crippen LogP contribution in [0.1, 0.15) is 37.0 Å². The molecule has 3 heteroatoms. The minimum Gasteiger partial charge on any atom is -0.439 e. The van der Waals surface area contributed by atoms with E-state index in [1.54, 1.807) is 6.20 Å². The summed E-state index contributed by atoms with van der Waals surface area (Å²) in [6, 6.07) is 10.9. The van der Waals surface area contributed by atoms with Crippen molar-refractivity contribution in [2.24, 2.45) is 0 Å². The molecule has 0 radical (unpaired) electrons. The van der Waals surface area contributed by atoms with E-state index in [0.717, 1.165) is 18.7 Å². The average molecular weight is 282 g/mol. The van der Waals surface area contributed by atoms with Crippen LogP contribution in [0.4, 0.5) is 0 Å². The fourth-order valence-corrected chi connectivity index (χ4v) is 2.67. The number of aromatic nitrogens is 1. The van der Waals surface area contributed by atoms with Gasteiger partial charge in [-0.1, -0.05) is 19.9 Å². The normalized spacial score (nSPS) is 13.5. The summed E-state index contributed by atoms with van der Waals surface area (Å²) < 4.78 is 5.91. The maximum Gasteiger partial charge on any atom is 0.219 e. The van der Waals surface area contributed by atoms with Crippen molar-refractivity contribution in [2.75, 3.05) is 0 Å². The summed E-state index contributed by atoms with van der Waals surface area (Å²) in [5.74, 6) is 1.55. The Morgan fingerprint density at radius 3 is 2.86 bits per heavy atom. The first-order chi connectivity index (χ1) is 10.2. The van der Waals surface area contributed by atoms with Gasteiger partial charge in [0, 0.05) is 24.8 Å². The van der Waals surface area contributed by atoms with Gasteiger partial charge in [0.05, 0.1) is 0 Å². The molecule has 0 aliphatic heterocycles. The first-order valence-corrected chi connectivity index (χ1v) is 7.69. The van der Waals surface area contributed by atoms with Crippen molar-refractivity contribution in [1.29, 1.82) is 0 Å². The molecule has 1 heterocycles. The lowest BCUT2D eigenvalue weighted by atomic mass is 10.1. The van der Waals surface area contributed by atoms with E-state index in [0.29, 0.717) is 11.9 Å². The smallest absolute Gasteiger partial charge is 0.219 e. The van der Waals surface area contributed by atoms with Gasteiger partial charge in [-0.15, -0.1) is 0 Å². The molecule has 110 valence electrons. The van der Waals surface area contributed by atoms with Gasteiger partial charge in [0.1, 0.15) is 5.75 Å². The molecule has 21 heavy (non-hydrogen) atoms. The van der Waals surface area contributed by atoms with Gasteiger partial charge in [-0.3, -0.25) is 0 Å². The molecule has 2 aromatic rings. The molecule has 0 atom stereocenters. The topological polar surface area (TPSA) is 34.2 Å². The van der Waals surface area contributed by atoms with Gasteiger partial charge in [0.25, 0.3) is 0 Å². The van der Waals surface area contributed by atoms with Gasteiger partial charge < -0.3 is 10.1 Å². The van der Waals surface area contributed by atoms with Crippen LogP contribution in [-0.2, 0) is 19.4 Å². The number of pyridine rings is 1. The molecule has 0 bridgehead atoms. The molecule has 0 amide bonds. The average Bonchev–Trinajstić information content (AvgIpc) is 2.93. The molecule has 1 aromatic heterocycles. The van der Waals surface area contributed by atoms with E-state index in [9.17, 15) is 0 Å². The van der Waals surface area contributed by atoms with Crippen molar-refractivity contribution in [2.45, 2.75) is 45.7 Å². The fourth-order valence-electron chi connectivity index (χ4n) is 2.67. The van der Waals surface area contributed by atoms with Gasteiger partial charge >= 0.3 is 0 Å². The molecule has 0 spiro atoms. The number of fused-ring (bicyclic) bond motifs is 1. The number of benzene rings is 1. The molecule has 0 saturated carbocycles. The Labute approximate surface area is 126 Å². The highest BCUT2D eigenvalue weighted by Crippen LogP contribution is 2.28. The van der Waals surface area contributed by atoms with Crippen LogP contribution in [0, 0.1) is 0 Å². The van der Waals surface area contributed by atoms with E-state index in [1.807, 2.05) is 18.2 Å². The summed E-state index contributed by atoms with van der Waals surface area (Å²) in [5, 5.41) is 3.40. The largest absolute Gasteiger partial charge is 0.439 e. The van der Waals surface area contributed by atoms with Gasteiger partial charge in [-0.05, 0) is 54.2 Å². The van der Waals surface area contributed by atoms with Crippen molar-refractivity contribution in [3.63, 3.8) is 0 Å². The third-order valence-electron chi connectivity index (χ3n) is 3.81. The molecule has 0 saturated heterocycles. The van der Waals surface area contributed by atoms with Crippen molar-refractivity contribution in [3.8, 4) is 11.6 Å². The summed E-state index contributed by atoms with van der Waals surface area (Å²) in [4.78, 5) is 4.31. The van der Waals surface area contributed by atoms with Crippen LogP contribution in [0.2, 0.25) is 0 Å². The summed E-state index contributed by atoms with van der Waals surface area (Å²) in [5.41, 5.74) is 4.07. The second-order valence-corrected chi connectivity index (χ2v) is 5.92. The van der Waals surface area contributed by atoms with Gasteiger partial charge in [-0.25, -0.2) is 4.98 Å². The molecule has 0 fully saturated rings. The van der Waals surface area contributed by atoms with Crippen molar-refractivity contribution < 1.29 is 4.74 Å². The maximum absolute atomic E-state index is 5.91. The third-order valence-corrected chi connectivity index (χ3v) is 3.81. The maximum atomic E-state index is 5.91. The van der Waals surface area contributed by atoms with E-state index < -0.39 is 0 Å². The molecule has 1 N–H and O–H groups in total. The van der Waals surface area contributed by atoms with Gasteiger partial charge in [0.2, 0.25) is 5.88 Å². The Kier molecular flexibility index (Phi) is 4.20. The van der Waals surface area contributed by atoms with Crippen LogP contribution in [0.15, 0.2) is 36.5 Å². The second-order valence-electron chi connectivity index (χ2n) is 5.92. The van der Waals surface area contributed by atoms with Crippen molar-refractivity contribution in [1.82, 2.24) is 10.3 Å². The zero-order valence-electron chi connectivity index (χ0n) is 12.7. The molecule has 1 aliphatic rings. The van der Waals surface area contributed by atoms with Gasteiger partial charge in [-0.2, -0.15) is 0 Å². The number of rotatable bonds is 5. The van der Waals surface area contributed by atoms with E-state index >= 15 is 0 Å². The molecule has 3 nitrogen and oxygen atoms in total. The molecular weight excluding hydrogens is 260 g/mol. The number of hydrogen-bond acceptors (Lipinski definition) is 3. The zero-order valence-corrected chi connectivity index (χ0v) is 12.7. The summed E-state index contributed by atoms with van der Waals surface area (Å²) >= 11 is 0. The number of ether oxygens (including phenoxy) is 1. The third kappa shape index (κ3) is 3.61. The van der Waals surface area contributed by atoms with Gasteiger partial charge in [0.15, 0.2) is 0 Å². The Hall–Kier alpha value is -1.87. The van der Waals surface area contributed by atoms with Crippen molar-refractivity contribution in [3.05, 3.63) is 53.2 Å². The number of nitrogens with zero attached hydrogens (tertiary/aromatic N) is 1. The Bertz CT molecular complexity index is 622. The Morgan fingerprint density at radius 1 is 1.14 bits per heavy atom. The van der Waals surface area contributed by atoms with Crippen LogP contribution in [0.25, 0.3) is 0 Å². The highest BCUT2D eigenvalue weighted by Gasteiger charge is 2.11. The minimum atomic E-state index is 0.472. The van der Waals surface area contributed by atoms with Crippen LogP contribution >= 0.6 is 0 Å². The highest BCUT2D eigenvalue weighted by atomic mass is 16.5. The SMILES string of the molecule is CC(C)NCc1ccnc(Oc2ccc3c(c2)CCC3)c1. The quantitative estimate of drug-likeness (QED) is 0.904. The Morgan fingerprint density at radius 2 is 2.00 bits per heavy atom. The Balaban J connectivity index is 1.71. The summed E-state index contributed by atoms with van der Waals surface area (Å²) in [7, 11) is 0. The lowest BCUT2D eigenvalue weighted by Gasteiger charge is -2.10. The monoisotopic (exact) mass is 282 g/mol. The van der Waals surface area contributed by atoms with Crippen LogP contribution in [-0.4, -0.2) is 11.0 Å². The van der Waals surface area contributed by atoms with E-state index in [-0.39, 0.29) is 0 Å². The molecule has 1 aliphatic carbocycles. The second kappa shape index (κ2) is 6.27. The molecule has 1 aromatic carbocycles. The first-order valence-electron chi connectivity index (χ1n) is 7.69. The highest BCUT2D eigenvalue weighted by molar-refractivity contribution is 5.40. The molecule has 0 unspecified atom stereocenters. The predicted octanol–water partition coefficient (Wildman–Crippen LogP) is 3.86. The number of nitrogens with one attached hydrogen (secondary N) is 1. The lowest BCUT2D eigenvalue weighted by molar-refractivity contribution is 0.460. The van der Waals surface area contributed by atoms with Crippen LogP contribution < -0.4 is 10.1 Å². The van der Waals surface area contributed by atoms with E-state index in [1.165, 1.54) is 29.5 Å².